The fourth-order valence-corrected chi connectivity index (χ4v) is 2.64. The molecule has 12 atom stereocenters. The largest absolute Gasteiger partial charge is 0.394 e. The number of rotatable bonds is 12. The Bertz CT molecular complexity index is 488. The minimum Gasteiger partial charge on any atom is -0.394 e. The van der Waals surface area contributed by atoms with Gasteiger partial charge in [-0.2, -0.15) is 0 Å². The van der Waals surface area contributed by atoms with Crippen molar-refractivity contribution in [1.82, 2.24) is 0 Å². The average molecular weight is 496 g/mol. The first-order chi connectivity index (χ1) is 15.4. The molecule has 0 aromatic rings. The van der Waals surface area contributed by atoms with E-state index in [0.29, 0.717) is 0 Å². The third kappa shape index (κ3) is 9.49. The van der Waals surface area contributed by atoms with Crippen LogP contribution in [-0.4, -0.2) is 178 Å². The molecule has 200 valence electrons. The summed E-state index contributed by atoms with van der Waals surface area (Å²) in [6, 6.07) is 0. The van der Waals surface area contributed by atoms with Crippen LogP contribution in [-0.2, 0) is 9.47 Å². The van der Waals surface area contributed by atoms with Crippen molar-refractivity contribution >= 4 is 0 Å². The molecule has 0 spiro atoms. The molecular formula is C17H36O16. The lowest BCUT2D eigenvalue weighted by Crippen LogP contribution is -2.61. The van der Waals surface area contributed by atoms with Crippen LogP contribution in [0.4, 0.5) is 0 Å². The number of aliphatic hydroxyl groups excluding tert-OH is 14. The third-order valence-corrected chi connectivity index (χ3v) is 4.79. The summed E-state index contributed by atoms with van der Waals surface area (Å²) in [4.78, 5) is 0. The van der Waals surface area contributed by atoms with Gasteiger partial charge in [0.25, 0.3) is 0 Å². The SMILES string of the molecule is OC[C@@H](O)[C@@H](O[C@@H]1O[C@H](CO)[C@H](O)[C@H](O)[C@H]1O)[C@H](O)[C@@H](O)CO.OC[C@@H](O)[C@H](O)[C@@H](O)CO. The van der Waals surface area contributed by atoms with Crippen molar-refractivity contribution in [2.45, 2.75) is 73.4 Å². The van der Waals surface area contributed by atoms with Gasteiger partial charge in [0.15, 0.2) is 6.29 Å². The van der Waals surface area contributed by atoms with Crippen LogP contribution < -0.4 is 0 Å². The zero-order valence-corrected chi connectivity index (χ0v) is 17.5. The number of hydrogen-bond acceptors (Lipinski definition) is 16. The zero-order valence-electron chi connectivity index (χ0n) is 17.5. The maximum Gasteiger partial charge on any atom is 0.187 e. The summed E-state index contributed by atoms with van der Waals surface area (Å²) >= 11 is 0. The van der Waals surface area contributed by atoms with Crippen molar-refractivity contribution in [3.63, 3.8) is 0 Å². The lowest BCUT2D eigenvalue weighted by Gasteiger charge is -2.42. The Kier molecular flexibility index (Phi) is 15.8. The van der Waals surface area contributed by atoms with Gasteiger partial charge in [-0.15, -0.1) is 0 Å². The molecule has 1 saturated heterocycles. The van der Waals surface area contributed by atoms with Crippen molar-refractivity contribution in [2.24, 2.45) is 0 Å². The van der Waals surface area contributed by atoms with Gasteiger partial charge in [-0.3, -0.25) is 0 Å². The van der Waals surface area contributed by atoms with Gasteiger partial charge in [-0.05, 0) is 0 Å². The quantitative estimate of drug-likeness (QED) is 0.119. The molecule has 1 aliphatic heterocycles. The second kappa shape index (κ2) is 16.1. The summed E-state index contributed by atoms with van der Waals surface area (Å²) in [5.41, 5.74) is 0. The fraction of sp³-hybridized carbons (Fsp3) is 1.00. The van der Waals surface area contributed by atoms with E-state index in [1.54, 1.807) is 0 Å². The molecule has 1 fully saturated rings. The number of aliphatic hydroxyl groups is 14. The molecule has 0 amide bonds. The van der Waals surface area contributed by atoms with Gasteiger partial charge in [0.1, 0.15) is 67.1 Å². The molecular weight excluding hydrogens is 460 g/mol. The highest BCUT2D eigenvalue weighted by Gasteiger charge is 2.46. The molecule has 0 aromatic heterocycles. The Labute approximate surface area is 188 Å². The Morgan fingerprint density at radius 2 is 1.00 bits per heavy atom. The molecule has 0 bridgehead atoms. The lowest BCUT2D eigenvalue weighted by atomic mass is 9.98. The van der Waals surface area contributed by atoms with E-state index < -0.39 is 106 Å². The Morgan fingerprint density at radius 1 is 0.576 bits per heavy atom. The highest BCUT2D eigenvalue weighted by atomic mass is 16.7. The summed E-state index contributed by atoms with van der Waals surface area (Å²) in [6.07, 6.45) is -19.4. The van der Waals surface area contributed by atoms with E-state index in [1.807, 2.05) is 0 Å². The Morgan fingerprint density at radius 3 is 1.39 bits per heavy atom. The van der Waals surface area contributed by atoms with Crippen LogP contribution in [0, 0.1) is 0 Å². The van der Waals surface area contributed by atoms with Crippen molar-refractivity contribution in [2.75, 3.05) is 33.0 Å². The van der Waals surface area contributed by atoms with E-state index in [4.69, 9.17) is 50.3 Å². The molecule has 16 nitrogen and oxygen atoms in total. The zero-order chi connectivity index (χ0) is 25.9. The van der Waals surface area contributed by atoms with E-state index in [9.17, 15) is 30.6 Å². The number of hydrogen-bond donors (Lipinski definition) is 14. The van der Waals surface area contributed by atoms with Gasteiger partial charge < -0.3 is 81.0 Å². The second-order valence-electron chi connectivity index (χ2n) is 7.28. The highest BCUT2D eigenvalue weighted by molar-refractivity contribution is 4.91. The van der Waals surface area contributed by atoms with Crippen LogP contribution in [0.2, 0.25) is 0 Å². The third-order valence-electron chi connectivity index (χ3n) is 4.79. The van der Waals surface area contributed by atoms with E-state index in [-0.39, 0.29) is 0 Å². The van der Waals surface area contributed by atoms with Crippen LogP contribution in [0.1, 0.15) is 0 Å². The molecule has 0 radical (unpaired) electrons. The first-order valence-electron chi connectivity index (χ1n) is 9.89. The van der Waals surface area contributed by atoms with Crippen LogP contribution in [0.3, 0.4) is 0 Å². The predicted octanol–water partition coefficient (Wildman–Crippen LogP) is -8.71. The normalized spacial score (nSPS) is 32.0. The molecule has 0 aromatic carbocycles. The minimum absolute atomic E-state index is 0.641. The Balaban J connectivity index is 0.000000861. The molecule has 1 heterocycles. The maximum atomic E-state index is 9.83. The second-order valence-corrected chi connectivity index (χ2v) is 7.28. The van der Waals surface area contributed by atoms with Crippen molar-refractivity contribution < 1.29 is 81.0 Å². The van der Waals surface area contributed by atoms with Crippen LogP contribution in [0.5, 0.6) is 0 Å². The summed E-state index contributed by atoms with van der Waals surface area (Å²) in [5, 5.41) is 127. The molecule has 0 saturated carbocycles. The molecule has 33 heavy (non-hydrogen) atoms. The van der Waals surface area contributed by atoms with Crippen molar-refractivity contribution in [3.05, 3.63) is 0 Å². The molecule has 0 unspecified atom stereocenters. The van der Waals surface area contributed by atoms with Crippen LogP contribution in [0.25, 0.3) is 0 Å². The average Bonchev–Trinajstić information content (AvgIpc) is 2.84. The summed E-state index contributed by atoms with van der Waals surface area (Å²) in [7, 11) is 0. The predicted molar refractivity (Wildman–Crippen MR) is 103 cm³/mol. The van der Waals surface area contributed by atoms with Gasteiger partial charge in [-0.25, -0.2) is 0 Å². The fourth-order valence-electron chi connectivity index (χ4n) is 2.64. The van der Waals surface area contributed by atoms with Crippen LogP contribution in [0.15, 0.2) is 0 Å². The van der Waals surface area contributed by atoms with E-state index >= 15 is 0 Å². The monoisotopic (exact) mass is 496 g/mol. The summed E-state index contributed by atoms with van der Waals surface area (Å²) in [6.45, 7) is -3.73. The number of ether oxygens (including phenoxy) is 2. The van der Waals surface area contributed by atoms with Crippen LogP contribution >= 0.6 is 0 Å². The van der Waals surface area contributed by atoms with E-state index in [2.05, 4.69) is 0 Å². The molecule has 16 heteroatoms. The first kappa shape index (κ1) is 32.4. The van der Waals surface area contributed by atoms with Gasteiger partial charge in [-0.1, -0.05) is 0 Å². The van der Waals surface area contributed by atoms with Crippen molar-refractivity contribution in [3.8, 4) is 0 Å². The standard InChI is InChI=1S/C12H24O11.C5H12O5/c13-1-4(16)7(18)11(5(17)2-14)23-12-10(21)9(20)8(19)6(3-15)22-12;6-1-3(8)5(10)4(9)2-7/h4-21H,1-3H2;3-10H,1-2H2/t4-,5+,6+,7+,8-,9-,10+,11+,12-;3-,4+,5+/m0./s1. The molecule has 14 N–H and O–H groups in total. The van der Waals surface area contributed by atoms with Gasteiger partial charge in [0.2, 0.25) is 0 Å². The topological polar surface area (TPSA) is 302 Å². The van der Waals surface area contributed by atoms with E-state index in [1.165, 1.54) is 0 Å². The minimum atomic E-state index is -1.85. The summed E-state index contributed by atoms with van der Waals surface area (Å²) < 4.78 is 10.1. The molecule has 1 aliphatic rings. The van der Waals surface area contributed by atoms with Gasteiger partial charge in [0, 0.05) is 0 Å². The molecule has 0 aliphatic carbocycles. The first-order valence-corrected chi connectivity index (χ1v) is 9.89. The van der Waals surface area contributed by atoms with E-state index in [0.717, 1.165) is 0 Å². The maximum absolute atomic E-state index is 9.83. The summed E-state index contributed by atoms with van der Waals surface area (Å²) in [5.74, 6) is 0. The Hall–Kier alpha value is -0.640. The smallest absolute Gasteiger partial charge is 0.187 e. The van der Waals surface area contributed by atoms with Gasteiger partial charge >= 0.3 is 0 Å². The molecule has 1 rings (SSSR count). The highest BCUT2D eigenvalue weighted by Crippen LogP contribution is 2.24. The van der Waals surface area contributed by atoms with Gasteiger partial charge in [0.05, 0.1) is 33.0 Å². The van der Waals surface area contributed by atoms with Crippen molar-refractivity contribution in [1.29, 1.82) is 0 Å². The lowest BCUT2D eigenvalue weighted by molar-refractivity contribution is -0.327.